The lowest BCUT2D eigenvalue weighted by Gasteiger charge is -2.57. The Morgan fingerprint density at radius 2 is 1.86 bits per heavy atom. The second-order valence-electron chi connectivity index (χ2n) is 9.16. The van der Waals surface area contributed by atoms with Gasteiger partial charge in [-0.05, 0) is 36.5 Å². The van der Waals surface area contributed by atoms with Crippen LogP contribution >= 0.6 is 0 Å². The lowest BCUT2D eigenvalue weighted by atomic mass is 9.52. The molecule has 1 saturated heterocycles. The molecule has 1 aromatic carbocycles. The smallest absolute Gasteiger partial charge is 0.186 e. The number of benzene rings is 1. The minimum absolute atomic E-state index is 0.0734. The lowest BCUT2D eigenvalue weighted by molar-refractivity contribution is -0.300. The second-order valence-corrected chi connectivity index (χ2v) is 9.16. The summed E-state index contributed by atoms with van der Waals surface area (Å²) in [5, 5.41) is 29.8. The van der Waals surface area contributed by atoms with Gasteiger partial charge in [0.05, 0.1) is 19.3 Å². The molecule has 1 aromatic rings. The third kappa shape index (κ3) is 3.04. The van der Waals surface area contributed by atoms with Gasteiger partial charge in [0.2, 0.25) is 0 Å². The Kier molecular flexibility index (Phi) is 4.95. The van der Waals surface area contributed by atoms with E-state index in [0.29, 0.717) is 13.0 Å². The zero-order valence-electron chi connectivity index (χ0n) is 16.5. The Morgan fingerprint density at radius 1 is 1.11 bits per heavy atom. The number of hydrogen-bond acceptors (Lipinski definition) is 6. The molecule has 2 fully saturated rings. The highest BCUT2D eigenvalue weighted by Crippen LogP contribution is 2.57. The fraction of sp³-hybridized carbons (Fsp3) is 0.714. The maximum atomic E-state index is 13.9. The highest BCUT2D eigenvalue weighted by atomic mass is 19.1. The predicted molar refractivity (Wildman–Crippen MR) is 98.4 cm³/mol. The van der Waals surface area contributed by atoms with E-state index in [1.807, 2.05) is 0 Å². The third-order valence-electron chi connectivity index (χ3n) is 7.14. The Balaban J connectivity index is 1.58. The van der Waals surface area contributed by atoms with Crippen LogP contribution in [0.3, 0.4) is 0 Å². The summed E-state index contributed by atoms with van der Waals surface area (Å²) >= 11 is 0. The van der Waals surface area contributed by atoms with Crippen molar-refractivity contribution in [2.75, 3.05) is 13.2 Å². The molecule has 1 saturated carbocycles. The number of aliphatic hydroxyl groups is 3. The van der Waals surface area contributed by atoms with E-state index < -0.39 is 24.6 Å². The first-order chi connectivity index (χ1) is 13.1. The monoisotopic (exact) mass is 396 g/mol. The Morgan fingerprint density at radius 3 is 2.61 bits per heavy atom. The van der Waals surface area contributed by atoms with E-state index >= 15 is 0 Å². The number of aliphatic hydroxyl groups excluding tert-OH is 3. The first kappa shape index (κ1) is 20.0. The van der Waals surface area contributed by atoms with Gasteiger partial charge in [-0.25, -0.2) is 4.39 Å². The normalized spacial score (nSPS) is 42.2. The molecule has 0 amide bonds. The Labute approximate surface area is 164 Å². The van der Waals surface area contributed by atoms with Crippen LogP contribution < -0.4 is 4.74 Å². The molecule has 7 atom stereocenters. The largest absolute Gasteiger partial charge is 0.493 e. The Bertz CT molecular complexity index is 740. The van der Waals surface area contributed by atoms with Crippen molar-refractivity contribution in [2.45, 2.75) is 69.7 Å². The maximum Gasteiger partial charge on any atom is 0.186 e. The van der Waals surface area contributed by atoms with Crippen LogP contribution in [0.5, 0.6) is 5.75 Å². The molecule has 0 radical (unpaired) electrons. The van der Waals surface area contributed by atoms with E-state index in [0.717, 1.165) is 17.7 Å². The number of ether oxygens (including phenoxy) is 3. The SMILES string of the molecule is CC1(C)[C@@H](O[C@@H]2OC[C@@H](O)[C@H](O)[C@H]2O)CC[C@]2(C)c3cc(F)ccc3OC[C@H]12. The van der Waals surface area contributed by atoms with Crippen molar-refractivity contribution >= 4 is 0 Å². The topological polar surface area (TPSA) is 88.4 Å². The molecule has 1 aliphatic carbocycles. The van der Waals surface area contributed by atoms with E-state index in [2.05, 4.69) is 20.8 Å². The van der Waals surface area contributed by atoms with Crippen molar-refractivity contribution in [1.29, 1.82) is 0 Å². The summed E-state index contributed by atoms with van der Waals surface area (Å²) in [5.74, 6) is 0.537. The van der Waals surface area contributed by atoms with E-state index in [1.165, 1.54) is 6.07 Å². The van der Waals surface area contributed by atoms with Gasteiger partial charge in [-0.15, -0.1) is 0 Å². The quantitative estimate of drug-likeness (QED) is 0.706. The van der Waals surface area contributed by atoms with Gasteiger partial charge in [0.25, 0.3) is 0 Å². The van der Waals surface area contributed by atoms with Crippen LogP contribution in [0.4, 0.5) is 4.39 Å². The van der Waals surface area contributed by atoms with Crippen molar-refractivity contribution in [3.8, 4) is 5.75 Å². The lowest BCUT2D eigenvalue weighted by Crippen LogP contribution is -2.60. The Hall–Kier alpha value is -1.25. The average molecular weight is 396 g/mol. The van der Waals surface area contributed by atoms with Gasteiger partial charge in [0.1, 0.15) is 29.9 Å². The molecular formula is C21H29FO6. The van der Waals surface area contributed by atoms with Gasteiger partial charge in [-0.1, -0.05) is 20.8 Å². The van der Waals surface area contributed by atoms with Gasteiger partial charge < -0.3 is 29.5 Å². The zero-order chi connectivity index (χ0) is 20.3. The van der Waals surface area contributed by atoms with E-state index in [4.69, 9.17) is 14.2 Å². The highest BCUT2D eigenvalue weighted by Gasteiger charge is 2.56. The number of fused-ring (bicyclic) bond motifs is 3. The van der Waals surface area contributed by atoms with Gasteiger partial charge in [0, 0.05) is 16.9 Å². The molecule has 28 heavy (non-hydrogen) atoms. The summed E-state index contributed by atoms with van der Waals surface area (Å²) in [4.78, 5) is 0. The molecule has 0 spiro atoms. The highest BCUT2D eigenvalue weighted by molar-refractivity contribution is 5.43. The van der Waals surface area contributed by atoms with Gasteiger partial charge >= 0.3 is 0 Å². The summed E-state index contributed by atoms with van der Waals surface area (Å²) in [5.41, 5.74) is 0.296. The summed E-state index contributed by atoms with van der Waals surface area (Å²) < 4.78 is 31.5. The zero-order valence-corrected chi connectivity index (χ0v) is 16.5. The molecule has 7 heteroatoms. The van der Waals surface area contributed by atoms with Crippen molar-refractivity contribution in [3.63, 3.8) is 0 Å². The molecule has 6 nitrogen and oxygen atoms in total. The van der Waals surface area contributed by atoms with Crippen molar-refractivity contribution in [1.82, 2.24) is 0 Å². The third-order valence-corrected chi connectivity index (χ3v) is 7.14. The van der Waals surface area contributed by atoms with E-state index in [-0.39, 0.29) is 35.3 Å². The molecule has 2 aliphatic heterocycles. The van der Waals surface area contributed by atoms with Crippen LogP contribution in [0.15, 0.2) is 18.2 Å². The second kappa shape index (κ2) is 6.92. The van der Waals surface area contributed by atoms with Crippen LogP contribution in [0, 0.1) is 17.2 Å². The summed E-state index contributed by atoms with van der Waals surface area (Å²) in [6, 6.07) is 4.69. The van der Waals surface area contributed by atoms with Crippen molar-refractivity contribution in [3.05, 3.63) is 29.6 Å². The summed E-state index contributed by atoms with van der Waals surface area (Å²) in [6.45, 7) is 6.74. The molecule has 3 aliphatic rings. The average Bonchev–Trinajstić information content (AvgIpc) is 2.64. The van der Waals surface area contributed by atoms with Gasteiger partial charge in [-0.3, -0.25) is 0 Å². The molecule has 0 aromatic heterocycles. The van der Waals surface area contributed by atoms with Crippen LogP contribution in [0.25, 0.3) is 0 Å². The van der Waals surface area contributed by atoms with Crippen LogP contribution in [-0.2, 0) is 14.9 Å². The minimum Gasteiger partial charge on any atom is -0.493 e. The maximum absolute atomic E-state index is 13.9. The van der Waals surface area contributed by atoms with Crippen molar-refractivity contribution < 1.29 is 33.9 Å². The summed E-state index contributed by atoms with van der Waals surface area (Å²) in [7, 11) is 0. The summed E-state index contributed by atoms with van der Waals surface area (Å²) in [6.07, 6.45) is -3.52. The minimum atomic E-state index is -1.31. The fourth-order valence-electron chi connectivity index (χ4n) is 5.30. The number of halogens is 1. The fourth-order valence-corrected chi connectivity index (χ4v) is 5.30. The van der Waals surface area contributed by atoms with Crippen LogP contribution in [0.2, 0.25) is 0 Å². The molecule has 156 valence electrons. The molecule has 0 bridgehead atoms. The molecule has 3 N–H and O–H groups in total. The molecule has 0 unspecified atom stereocenters. The van der Waals surface area contributed by atoms with Gasteiger partial charge in [-0.2, -0.15) is 0 Å². The van der Waals surface area contributed by atoms with Gasteiger partial charge in [0.15, 0.2) is 6.29 Å². The van der Waals surface area contributed by atoms with E-state index in [9.17, 15) is 19.7 Å². The number of rotatable bonds is 2. The molecular weight excluding hydrogens is 367 g/mol. The van der Waals surface area contributed by atoms with Crippen molar-refractivity contribution in [2.24, 2.45) is 11.3 Å². The standard InChI is InChI=1S/C21H29FO6/c1-20(2)15-10-26-14-5-4-11(22)8-12(14)21(15,3)7-6-16(20)28-19-18(25)17(24)13(23)9-27-19/h4-5,8,13,15-19,23-25H,6-7,9-10H2,1-3H3/t13-,15-,16+,17+,18-,19+,21-/m1/s1. The first-order valence-electron chi connectivity index (χ1n) is 9.88. The van der Waals surface area contributed by atoms with Crippen LogP contribution in [-0.4, -0.2) is 59.2 Å². The molecule has 2 heterocycles. The first-order valence-corrected chi connectivity index (χ1v) is 9.88. The van der Waals surface area contributed by atoms with E-state index in [1.54, 1.807) is 12.1 Å². The number of hydrogen-bond donors (Lipinski definition) is 3. The molecule has 4 rings (SSSR count). The van der Waals surface area contributed by atoms with Crippen LogP contribution in [0.1, 0.15) is 39.2 Å². The predicted octanol–water partition coefficient (Wildman–Crippen LogP) is 1.74.